The van der Waals surface area contributed by atoms with E-state index >= 15 is 0 Å². The summed E-state index contributed by atoms with van der Waals surface area (Å²) in [6, 6.07) is 15.1. The minimum Gasteiger partial charge on any atom is -0.444 e. The van der Waals surface area contributed by atoms with Crippen molar-refractivity contribution in [1.82, 2.24) is 25.1 Å². The SMILES string of the molecule is Cc1nc(-c2cnc(CN3CCC(c4cccc5c4O[C@](C)(c4ccc(Cl)cc4F)O5)CC3)c(CC3(C#N)CC3)c2)n[nH]1. The van der Waals surface area contributed by atoms with Gasteiger partial charge in [-0.1, -0.05) is 23.7 Å². The Hall–Kier alpha value is -4.00. The van der Waals surface area contributed by atoms with E-state index in [1.54, 1.807) is 19.1 Å². The van der Waals surface area contributed by atoms with Gasteiger partial charge in [-0.2, -0.15) is 10.4 Å². The summed E-state index contributed by atoms with van der Waals surface area (Å²) in [5.74, 6) is 1.23. The molecule has 1 saturated heterocycles. The number of nitrogens with zero attached hydrogens (tertiary/aromatic N) is 5. The average Bonchev–Trinajstić information content (AvgIpc) is 3.47. The van der Waals surface area contributed by atoms with Crippen LogP contribution >= 0.6 is 11.6 Å². The molecule has 1 atom stereocenters. The van der Waals surface area contributed by atoms with E-state index < -0.39 is 11.6 Å². The Morgan fingerprint density at radius 2 is 1.98 bits per heavy atom. The van der Waals surface area contributed by atoms with Crippen LogP contribution in [0, 0.1) is 29.5 Å². The van der Waals surface area contributed by atoms with Gasteiger partial charge >= 0.3 is 0 Å². The third kappa shape index (κ3) is 5.34. The molecule has 0 bridgehead atoms. The second-order valence-electron chi connectivity index (χ2n) is 12.1. The maximum atomic E-state index is 14.8. The molecule has 0 spiro atoms. The lowest BCUT2D eigenvalue weighted by atomic mass is 9.88. The second-order valence-corrected chi connectivity index (χ2v) is 12.6. The van der Waals surface area contributed by atoms with Crippen molar-refractivity contribution in [3.05, 3.63) is 87.7 Å². The number of halogens is 2. The van der Waals surface area contributed by atoms with E-state index in [0.717, 1.165) is 73.5 Å². The van der Waals surface area contributed by atoms with Crippen molar-refractivity contribution < 1.29 is 13.9 Å². The van der Waals surface area contributed by atoms with Crippen molar-refractivity contribution in [2.24, 2.45) is 5.41 Å². The summed E-state index contributed by atoms with van der Waals surface area (Å²) in [7, 11) is 0. The number of fused-ring (bicyclic) bond motifs is 1. The monoisotopic (exact) mass is 598 g/mol. The van der Waals surface area contributed by atoms with Gasteiger partial charge in [-0.05, 0) is 93.9 Å². The van der Waals surface area contributed by atoms with Crippen LogP contribution in [0.2, 0.25) is 5.02 Å². The molecule has 1 saturated carbocycles. The Morgan fingerprint density at radius 1 is 1.16 bits per heavy atom. The summed E-state index contributed by atoms with van der Waals surface area (Å²) >= 11 is 5.98. The number of aromatic amines is 1. The van der Waals surface area contributed by atoms with Crippen LogP contribution in [0.5, 0.6) is 11.5 Å². The molecule has 3 aliphatic rings. The molecule has 2 fully saturated rings. The van der Waals surface area contributed by atoms with E-state index in [-0.39, 0.29) is 11.3 Å². The molecule has 8 nitrogen and oxygen atoms in total. The summed E-state index contributed by atoms with van der Waals surface area (Å²) < 4.78 is 27.4. The highest BCUT2D eigenvalue weighted by atomic mass is 35.5. The number of rotatable bonds is 7. The molecule has 4 heterocycles. The number of para-hydroxylation sites is 1. The molecular formula is C33H32ClFN6O2. The summed E-state index contributed by atoms with van der Waals surface area (Å²) in [5, 5.41) is 17.3. The molecule has 0 amide bonds. The number of nitriles is 1. The van der Waals surface area contributed by atoms with E-state index in [1.807, 2.05) is 25.3 Å². The maximum absolute atomic E-state index is 14.8. The first kappa shape index (κ1) is 27.8. The fourth-order valence-electron chi connectivity index (χ4n) is 6.32. The highest BCUT2D eigenvalue weighted by molar-refractivity contribution is 6.30. The van der Waals surface area contributed by atoms with Crippen LogP contribution in [0.4, 0.5) is 4.39 Å². The second kappa shape index (κ2) is 10.6. The van der Waals surface area contributed by atoms with Gasteiger partial charge in [0.2, 0.25) is 0 Å². The van der Waals surface area contributed by atoms with E-state index in [9.17, 15) is 9.65 Å². The standard InChI is InChI=1S/C33H32ClFN6O2/c1-20-38-31(40-39-20)23-14-22(16-33(19-36)10-11-33)28(37-17-23)18-41-12-8-21(9-13-41)25-4-3-5-29-30(25)43-32(2,42-29)26-7-6-24(34)15-27(26)35/h3-7,14-15,17,21H,8-13,16,18H2,1-2H3,(H,38,39,40)/t32-/m1/s1. The number of hydrogen-bond acceptors (Lipinski definition) is 7. The molecule has 1 N–H and O–H groups in total. The van der Waals surface area contributed by atoms with Crippen molar-refractivity contribution in [3.63, 3.8) is 0 Å². The highest BCUT2D eigenvalue weighted by Crippen LogP contribution is 2.50. The Morgan fingerprint density at radius 3 is 2.67 bits per heavy atom. The first-order valence-electron chi connectivity index (χ1n) is 14.7. The third-order valence-corrected chi connectivity index (χ3v) is 9.20. The van der Waals surface area contributed by atoms with Crippen LogP contribution in [-0.2, 0) is 18.8 Å². The van der Waals surface area contributed by atoms with Crippen LogP contribution in [0.3, 0.4) is 0 Å². The van der Waals surface area contributed by atoms with E-state index in [4.69, 9.17) is 26.1 Å². The molecule has 0 radical (unpaired) electrons. The lowest BCUT2D eigenvalue weighted by Crippen LogP contribution is -2.34. The number of nitrogens with one attached hydrogen (secondary N) is 1. The van der Waals surface area contributed by atoms with Crippen LogP contribution in [0.25, 0.3) is 11.4 Å². The first-order valence-corrected chi connectivity index (χ1v) is 15.1. The predicted octanol–water partition coefficient (Wildman–Crippen LogP) is 6.84. The quantitative estimate of drug-likeness (QED) is 0.249. The molecule has 10 heteroatoms. The number of aryl methyl sites for hydroxylation is 1. The van der Waals surface area contributed by atoms with Crippen molar-refractivity contribution in [1.29, 1.82) is 5.26 Å². The molecule has 2 aliphatic heterocycles. The average molecular weight is 599 g/mol. The fraction of sp³-hybridized carbons (Fsp3) is 0.394. The zero-order valence-corrected chi connectivity index (χ0v) is 24.9. The van der Waals surface area contributed by atoms with Crippen LogP contribution in [0.15, 0.2) is 48.7 Å². The first-order chi connectivity index (χ1) is 20.7. The molecule has 2 aromatic heterocycles. The van der Waals surface area contributed by atoms with Gasteiger partial charge in [0, 0.05) is 35.8 Å². The minimum absolute atomic E-state index is 0.282. The number of likely N-dealkylation sites (tertiary alicyclic amines) is 1. The Bertz CT molecular complexity index is 1740. The molecule has 43 heavy (non-hydrogen) atoms. The molecule has 7 rings (SSSR count). The van der Waals surface area contributed by atoms with Crippen LogP contribution < -0.4 is 9.47 Å². The summed E-state index contributed by atoms with van der Waals surface area (Å²) in [6.45, 7) is 6.12. The molecular weight excluding hydrogens is 567 g/mol. The van der Waals surface area contributed by atoms with Crippen LogP contribution in [-0.4, -0.2) is 38.2 Å². The Labute approximate surface area is 254 Å². The Kier molecular flexibility index (Phi) is 6.87. The normalized spacial score (nSPS) is 21.1. The number of H-pyrrole nitrogens is 1. The van der Waals surface area contributed by atoms with Gasteiger partial charge in [0.1, 0.15) is 11.6 Å². The van der Waals surface area contributed by atoms with Gasteiger partial charge in [-0.15, -0.1) is 0 Å². The molecule has 1 aliphatic carbocycles. The largest absolute Gasteiger partial charge is 0.444 e. The smallest absolute Gasteiger partial charge is 0.278 e. The van der Waals surface area contributed by atoms with Crippen LogP contribution in [0.1, 0.15) is 66.7 Å². The van der Waals surface area contributed by atoms with Crippen molar-refractivity contribution >= 4 is 11.6 Å². The summed E-state index contributed by atoms with van der Waals surface area (Å²) in [5.41, 5.74) is 4.09. The number of benzene rings is 2. The third-order valence-electron chi connectivity index (χ3n) is 8.97. The summed E-state index contributed by atoms with van der Waals surface area (Å²) in [4.78, 5) is 11.8. The van der Waals surface area contributed by atoms with E-state index in [0.29, 0.717) is 34.3 Å². The number of hydrogen-bond donors (Lipinski definition) is 1. The number of aromatic nitrogens is 4. The summed E-state index contributed by atoms with van der Waals surface area (Å²) in [6.07, 6.45) is 6.27. The number of ether oxygens (including phenoxy) is 2. The van der Waals surface area contributed by atoms with Gasteiger partial charge in [-0.3, -0.25) is 15.0 Å². The lowest BCUT2D eigenvalue weighted by Gasteiger charge is -2.33. The fourth-order valence-corrected chi connectivity index (χ4v) is 6.48. The predicted molar refractivity (Wildman–Crippen MR) is 159 cm³/mol. The lowest BCUT2D eigenvalue weighted by molar-refractivity contribution is -0.0712. The van der Waals surface area contributed by atoms with Gasteiger partial charge in [-0.25, -0.2) is 9.37 Å². The van der Waals surface area contributed by atoms with Gasteiger partial charge in [0.25, 0.3) is 5.79 Å². The number of piperidine rings is 1. The van der Waals surface area contributed by atoms with Gasteiger partial charge in [0.05, 0.1) is 22.7 Å². The van der Waals surface area contributed by atoms with Crippen molar-refractivity contribution in [3.8, 4) is 29.0 Å². The van der Waals surface area contributed by atoms with Gasteiger partial charge < -0.3 is 9.47 Å². The molecule has 220 valence electrons. The van der Waals surface area contributed by atoms with E-state index in [2.05, 4.69) is 38.3 Å². The van der Waals surface area contributed by atoms with Gasteiger partial charge in [0.15, 0.2) is 17.3 Å². The maximum Gasteiger partial charge on any atom is 0.278 e. The zero-order chi connectivity index (χ0) is 29.8. The number of pyridine rings is 1. The van der Waals surface area contributed by atoms with Crippen molar-refractivity contribution in [2.75, 3.05) is 13.1 Å². The molecule has 4 aromatic rings. The minimum atomic E-state index is -1.27. The highest BCUT2D eigenvalue weighted by Gasteiger charge is 2.44. The van der Waals surface area contributed by atoms with E-state index in [1.165, 1.54) is 6.07 Å². The molecule has 2 aromatic carbocycles. The molecule has 0 unspecified atom stereocenters. The van der Waals surface area contributed by atoms with Crippen molar-refractivity contribution in [2.45, 2.75) is 64.2 Å². The topological polar surface area (TPSA) is 100.0 Å². The zero-order valence-electron chi connectivity index (χ0n) is 24.2. The Balaban J connectivity index is 1.06.